The molecular weight excluding hydrogens is 432 g/mol. The second-order valence-electron chi connectivity index (χ2n) is 8.41. The summed E-state index contributed by atoms with van der Waals surface area (Å²) < 4.78 is 16.7. The van der Waals surface area contributed by atoms with Crippen molar-refractivity contribution in [2.24, 2.45) is 0 Å². The van der Waals surface area contributed by atoms with Crippen LogP contribution in [0.25, 0.3) is 0 Å². The fourth-order valence-electron chi connectivity index (χ4n) is 4.59. The Kier molecular flexibility index (Phi) is 7.21. The van der Waals surface area contributed by atoms with E-state index in [9.17, 15) is 9.59 Å². The normalized spacial score (nSPS) is 14.4. The average Bonchev–Trinajstić information content (AvgIpc) is 3.57. The lowest BCUT2D eigenvalue weighted by Gasteiger charge is -2.33. The van der Waals surface area contributed by atoms with Crippen molar-refractivity contribution in [2.45, 2.75) is 44.7 Å². The molecule has 1 atom stereocenters. The van der Waals surface area contributed by atoms with Gasteiger partial charge in [-0.05, 0) is 49.6 Å². The highest BCUT2D eigenvalue weighted by Gasteiger charge is 2.38. The summed E-state index contributed by atoms with van der Waals surface area (Å²) in [6.45, 7) is 1.91. The van der Waals surface area contributed by atoms with E-state index in [0.29, 0.717) is 22.7 Å². The molecule has 34 heavy (non-hydrogen) atoms. The summed E-state index contributed by atoms with van der Waals surface area (Å²) in [5.41, 5.74) is 1.99. The van der Waals surface area contributed by atoms with E-state index >= 15 is 0 Å². The molecule has 1 heterocycles. The van der Waals surface area contributed by atoms with E-state index in [1.165, 1.54) is 18.3 Å². The van der Waals surface area contributed by atoms with E-state index in [0.717, 1.165) is 31.2 Å². The first kappa shape index (κ1) is 23.4. The van der Waals surface area contributed by atoms with Gasteiger partial charge < -0.3 is 19.2 Å². The summed E-state index contributed by atoms with van der Waals surface area (Å²) in [6.07, 6.45) is 5.44. The summed E-state index contributed by atoms with van der Waals surface area (Å²) in [6, 6.07) is 15.2. The summed E-state index contributed by atoms with van der Waals surface area (Å²) in [7, 11) is 3.07. The van der Waals surface area contributed by atoms with Crippen LogP contribution in [0.4, 0.5) is 5.69 Å². The second kappa shape index (κ2) is 10.5. The van der Waals surface area contributed by atoms with Gasteiger partial charge in [0, 0.05) is 17.3 Å². The van der Waals surface area contributed by atoms with Crippen LogP contribution in [-0.4, -0.2) is 32.1 Å². The van der Waals surface area contributed by atoms with Crippen LogP contribution in [0.5, 0.6) is 11.5 Å². The maximum atomic E-state index is 13.9. The first-order chi connectivity index (χ1) is 16.5. The molecule has 2 amide bonds. The Morgan fingerprint density at radius 3 is 2.41 bits per heavy atom. The number of methoxy groups -OCH3 is 2. The fourth-order valence-corrected chi connectivity index (χ4v) is 4.59. The Morgan fingerprint density at radius 2 is 1.76 bits per heavy atom. The van der Waals surface area contributed by atoms with E-state index in [-0.39, 0.29) is 17.7 Å². The number of anilines is 1. The van der Waals surface area contributed by atoms with Crippen LogP contribution in [-0.2, 0) is 4.79 Å². The first-order valence-electron chi connectivity index (χ1n) is 11.5. The third-order valence-electron chi connectivity index (χ3n) is 6.26. The molecular formula is C27H30N2O5. The third-order valence-corrected chi connectivity index (χ3v) is 6.26. The number of hydrogen-bond donors (Lipinski definition) is 1. The van der Waals surface area contributed by atoms with E-state index in [2.05, 4.69) is 5.32 Å². The second-order valence-corrected chi connectivity index (χ2v) is 8.41. The molecule has 0 saturated heterocycles. The SMILES string of the molecule is COc1cccc(C(C(=O)NC2CCCC2)N(C(=O)c2ccco2)c2ccccc2C)c1OC. The van der Waals surface area contributed by atoms with Gasteiger partial charge in [0.2, 0.25) is 5.91 Å². The molecule has 0 radical (unpaired) electrons. The van der Waals surface area contributed by atoms with E-state index in [1.54, 1.807) is 37.4 Å². The van der Waals surface area contributed by atoms with Crippen LogP contribution in [0.15, 0.2) is 65.3 Å². The zero-order valence-electron chi connectivity index (χ0n) is 19.7. The van der Waals surface area contributed by atoms with Crippen LogP contribution < -0.4 is 19.7 Å². The van der Waals surface area contributed by atoms with Gasteiger partial charge in [0.15, 0.2) is 17.3 Å². The van der Waals surface area contributed by atoms with Gasteiger partial charge >= 0.3 is 0 Å². The number of nitrogens with one attached hydrogen (secondary N) is 1. The van der Waals surface area contributed by atoms with E-state index in [1.807, 2.05) is 31.2 Å². The summed E-state index contributed by atoms with van der Waals surface area (Å²) in [4.78, 5) is 29.3. The van der Waals surface area contributed by atoms with E-state index in [4.69, 9.17) is 13.9 Å². The topological polar surface area (TPSA) is 81.0 Å². The van der Waals surface area contributed by atoms with Crippen LogP contribution in [0.1, 0.15) is 53.4 Å². The minimum atomic E-state index is -1.01. The molecule has 1 unspecified atom stereocenters. The molecule has 178 valence electrons. The lowest BCUT2D eigenvalue weighted by Crippen LogP contribution is -2.46. The quantitative estimate of drug-likeness (QED) is 0.507. The molecule has 3 aromatic rings. The van der Waals surface area contributed by atoms with Crippen molar-refractivity contribution in [2.75, 3.05) is 19.1 Å². The summed E-state index contributed by atoms with van der Waals surface area (Å²) >= 11 is 0. The number of aryl methyl sites for hydroxylation is 1. The number of hydrogen-bond acceptors (Lipinski definition) is 5. The molecule has 1 aromatic heterocycles. The standard InChI is InChI=1S/C27H30N2O5/c1-18-10-4-7-14-21(18)29(27(31)23-16-9-17-34-23)24(26(30)28-19-11-5-6-12-19)20-13-8-15-22(32-2)25(20)33-3/h4,7-10,13-17,19,24H,5-6,11-12H2,1-3H3,(H,28,30). The number of amides is 2. The number of nitrogens with zero attached hydrogens (tertiary/aromatic N) is 1. The van der Waals surface area contributed by atoms with Gasteiger partial charge in [0.1, 0.15) is 6.04 Å². The number of ether oxygens (including phenoxy) is 2. The molecule has 0 bridgehead atoms. The Labute approximate surface area is 199 Å². The van der Waals surface area contributed by atoms with Crippen molar-refractivity contribution >= 4 is 17.5 Å². The maximum Gasteiger partial charge on any atom is 0.294 e. The van der Waals surface area contributed by atoms with Crippen molar-refractivity contribution in [3.05, 3.63) is 77.7 Å². The fraction of sp³-hybridized carbons (Fsp3) is 0.333. The number of para-hydroxylation sites is 2. The molecule has 1 N–H and O–H groups in total. The maximum absolute atomic E-state index is 13.9. The summed E-state index contributed by atoms with van der Waals surface area (Å²) in [5, 5.41) is 3.18. The molecule has 0 spiro atoms. The molecule has 2 aromatic carbocycles. The van der Waals surface area contributed by atoms with Gasteiger partial charge in [0.05, 0.1) is 20.5 Å². The Morgan fingerprint density at radius 1 is 1.00 bits per heavy atom. The monoisotopic (exact) mass is 462 g/mol. The third kappa shape index (κ3) is 4.64. The molecule has 7 nitrogen and oxygen atoms in total. The van der Waals surface area contributed by atoms with Gasteiger partial charge in [-0.2, -0.15) is 0 Å². The van der Waals surface area contributed by atoms with Crippen molar-refractivity contribution in [1.29, 1.82) is 0 Å². The van der Waals surface area contributed by atoms with Crippen LogP contribution >= 0.6 is 0 Å². The highest BCUT2D eigenvalue weighted by Crippen LogP contribution is 2.40. The largest absolute Gasteiger partial charge is 0.493 e. The van der Waals surface area contributed by atoms with Crippen LogP contribution in [0.3, 0.4) is 0 Å². The molecule has 1 fully saturated rings. The van der Waals surface area contributed by atoms with Crippen molar-refractivity contribution < 1.29 is 23.5 Å². The molecule has 1 aliphatic rings. The van der Waals surface area contributed by atoms with Gasteiger partial charge in [-0.3, -0.25) is 14.5 Å². The number of rotatable bonds is 8. The lowest BCUT2D eigenvalue weighted by molar-refractivity contribution is -0.123. The number of carbonyl (C=O) groups is 2. The highest BCUT2D eigenvalue weighted by atomic mass is 16.5. The smallest absolute Gasteiger partial charge is 0.294 e. The van der Waals surface area contributed by atoms with E-state index < -0.39 is 11.9 Å². The Bertz CT molecular complexity index is 1140. The zero-order chi connectivity index (χ0) is 24.1. The molecule has 4 rings (SSSR count). The number of benzene rings is 2. The number of carbonyl (C=O) groups excluding carboxylic acids is 2. The van der Waals surface area contributed by atoms with Crippen molar-refractivity contribution in [3.8, 4) is 11.5 Å². The Hall–Kier alpha value is -3.74. The molecule has 0 aliphatic heterocycles. The van der Waals surface area contributed by atoms with Crippen molar-refractivity contribution in [3.63, 3.8) is 0 Å². The van der Waals surface area contributed by atoms with Gasteiger partial charge in [-0.1, -0.05) is 43.2 Å². The minimum absolute atomic E-state index is 0.0732. The lowest BCUT2D eigenvalue weighted by atomic mass is 9.99. The Balaban J connectivity index is 1.90. The molecule has 1 aliphatic carbocycles. The predicted molar refractivity (Wildman–Crippen MR) is 129 cm³/mol. The van der Waals surface area contributed by atoms with Gasteiger partial charge in [-0.15, -0.1) is 0 Å². The average molecular weight is 463 g/mol. The first-order valence-corrected chi connectivity index (χ1v) is 11.5. The summed E-state index contributed by atoms with van der Waals surface area (Å²) in [5.74, 6) is 0.331. The minimum Gasteiger partial charge on any atom is -0.493 e. The van der Waals surface area contributed by atoms with Gasteiger partial charge in [0.25, 0.3) is 5.91 Å². The number of furan rings is 1. The van der Waals surface area contributed by atoms with Crippen LogP contribution in [0, 0.1) is 6.92 Å². The zero-order valence-corrected chi connectivity index (χ0v) is 19.7. The molecule has 1 saturated carbocycles. The van der Waals surface area contributed by atoms with Crippen molar-refractivity contribution in [1.82, 2.24) is 5.32 Å². The molecule has 7 heteroatoms. The van der Waals surface area contributed by atoms with Crippen LogP contribution in [0.2, 0.25) is 0 Å². The highest BCUT2D eigenvalue weighted by molar-refractivity contribution is 6.09. The van der Waals surface area contributed by atoms with Gasteiger partial charge in [-0.25, -0.2) is 0 Å². The predicted octanol–water partition coefficient (Wildman–Crippen LogP) is 5.05.